The Morgan fingerprint density at radius 1 is 0.915 bits per heavy atom. The molecule has 13 nitrogen and oxygen atoms in total. The van der Waals surface area contributed by atoms with E-state index in [4.69, 9.17) is 23.7 Å². The maximum Gasteiger partial charge on any atom is 0.284 e. The van der Waals surface area contributed by atoms with Crippen molar-refractivity contribution in [1.82, 2.24) is 24.3 Å². The Morgan fingerprint density at radius 3 is 2.36 bits per heavy atom. The lowest BCUT2D eigenvalue weighted by Gasteiger charge is -2.19. The third-order valence-corrected chi connectivity index (χ3v) is 7.53. The van der Waals surface area contributed by atoms with Crippen molar-refractivity contribution in [3.63, 3.8) is 0 Å². The summed E-state index contributed by atoms with van der Waals surface area (Å²) in [6.07, 6.45) is 5.09. The van der Waals surface area contributed by atoms with E-state index >= 15 is 0 Å². The van der Waals surface area contributed by atoms with Crippen LogP contribution in [0.5, 0.6) is 23.1 Å². The Kier molecular flexibility index (Phi) is 9.69. The topological polar surface area (TPSA) is 141 Å². The van der Waals surface area contributed by atoms with Crippen molar-refractivity contribution in [2.75, 3.05) is 46.0 Å². The highest BCUT2D eigenvalue weighted by molar-refractivity contribution is 6.04. The molecule has 4 heterocycles. The first-order chi connectivity index (χ1) is 23.0. The number of benzene rings is 2. The molecule has 1 amide bonds. The average Bonchev–Trinajstić information content (AvgIpc) is 3.38. The summed E-state index contributed by atoms with van der Waals surface area (Å²) in [6.45, 7) is 1.98. The Balaban J connectivity index is 1.22. The van der Waals surface area contributed by atoms with E-state index in [0.717, 1.165) is 12.8 Å². The lowest BCUT2D eigenvalue weighted by atomic mass is 10.1. The van der Waals surface area contributed by atoms with Crippen molar-refractivity contribution in [2.24, 2.45) is 0 Å². The molecule has 0 bridgehead atoms. The van der Waals surface area contributed by atoms with Gasteiger partial charge in [0.25, 0.3) is 11.5 Å². The molecule has 0 saturated carbocycles. The van der Waals surface area contributed by atoms with Crippen LogP contribution in [0.2, 0.25) is 0 Å². The quantitative estimate of drug-likeness (QED) is 0.182. The predicted molar refractivity (Wildman–Crippen MR) is 169 cm³/mol. The highest BCUT2D eigenvalue weighted by atomic mass is 19.1. The van der Waals surface area contributed by atoms with Gasteiger partial charge in [0.1, 0.15) is 42.5 Å². The fourth-order valence-electron chi connectivity index (χ4n) is 5.32. The van der Waals surface area contributed by atoms with Crippen LogP contribution in [-0.2, 0) is 22.4 Å². The zero-order valence-corrected chi connectivity index (χ0v) is 25.9. The van der Waals surface area contributed by atoms with Crippen LogP contribution in [0.1, 0.15) is 28.9 Å². The van der Waals surface area contributed by atoms with Crippen LogP contribution in [-0.4, -0.2) is 70.9 Å². The smallest absolute Gasteiger partial charge is 0.284 e. The summed E-state index contributed by atoms with van der Waals surface area (Å²) in [6, 6.07) is 12.3. The second-order valence-electron chi connectivity index (χ2n) is 10.6. The molecular formula is C33H33FN6O7. The fraction of sp³-hybridized carbons (Fsp3) is 0.303. The summed E-state index contributed by atoms with van der Waals surface area (Å²) < 4.78 is 44.8. The Morgan fingerprint density at radius 2 is 1.66 bits per heavy atom. The third-order valence-electron chi connectivity index (χ3n) is 7.53. The number of anilines is 1. The largest absolute Gasteiger partial charge is 0.487 e. The van der Waals surface area contributed by atoms with Gasteiger partial charge in [0.2, 0.25) is 5.88 Å². The minimum absolute atomic E-state index is 0.0395. The summed E-state index contributed by atoms with van der Waals surface area (Å²) >= 11 is 0. The first-order valence-corrected chi connectivity index (χ1v) is 15.0. The van der Waals surface area contributed by atoms with E-state index in [0.29, 0.717) is 78.9 Å². The van der Waals surface area contributed by atoms with Crippen LogP contribution in [0.4, 0.5) is 10.2 Å². The van der Waals surface area contributed by atoms with E-state index in [-0.39, 0.29) is 17.3 Å². The molecule has 14 heteroatoms. The van der Waals surface area contributed by atoms with Crippen LogP contribution in [0, 0.1) is 5.82 Å². The van der Waals surface area contributed by atoms with E-state index in [1.54, 1.807) is 43.2 Å². The molecule has 3 aromatic heterocycles. The molecule has 0 spiro atoms. The standard InChI is InChI=1S/C33H33FN6O7/c1-43-13-15-45-27-17-24-25(18-28(27)46-16-14-44-2)36-20-37-32(24)47-23-10-11-29(35-19-23)38-31(41)30-26-5-3-4-12-39(26)40(33(30)42)22-8-6-21(34)7-9-22/h6-11,17-20H,3-5,12-16H2,1-2H3,(H,35,38,41). The number of carbonyl (C=O) groups is 1. The second kappa shape index (κ2) is 14.4. The van der Waals surface area contributed by atoms with Gasteiger partial charge in [-0.15, -0.1) is 0 Å². The molecule has 0 unspecified atom stereocenters. The Labute approximate surface area is 268 Å². The fourth-order valence-corrected chi connectivity index (χ4v) is 5.32. The van der Waals surface area contributed by atoms with Gasteiger partial charge in [-0.1, -0.05) is 0 Å². The molecular weight excluding hydrogens is 611 g/mol. The number of ether oxygens (including phenoxy) is 5. The maximum atomic E-state index is 13.6. The predicted octanol–water partition coefficient (Wildman–Crippen LogP) is 4.55. The van der Waals surface area contributed by atoms with E-state index in [1.807, 2.05) is 0 Å². The van der Waals surface area contributed by atoms with Gasteiger partial charge in [-0.05, 0) is 61.7 Å². The number of fused-ring (bicyclic) bond motifs is 2. The molecule has 0 atom stereocenters. The van der Waals surface area contributed by atoms with E-state index in [9.17, 15) is 14.0 Å². The van der Waals surface area contributed by atoms with Crippen LogP contribution in [0.15, 0.2) is 65.8 Å². The van der Waals surface area contributed by atoms with Gasteiger partial charge in [-0.25, -0.2) is 24.0 Å². The van der Waals surface area contributed by atoms with Crippen LogP contribution in [0.25, 0.3) is 16.6 Å². The number of amides is 1. The molecule has 0 radical (unpaired) electrons. The highest BCUT2D eigenvalue weighted by Gasteiger charge is 2.28. The summed E-state index contributed by atoms with van der Waals surface area (Å²) in [4.78, 5) is 40.0. The van der Waals surface area contributed by atoms with Crippen molar-refractivity contribution in [1.29, 1.82) is 0 Å². The van der Waals surface area contributed by atoms with Crippen LogP contribution >= 0.6 is 0 Å². The monoisotopic (exact) mass is 644 g/mol. The first kappa shape index (κ1) is 31.6. The number of nitrogens with one attached hydrogen (secondary N) is 1. The van der Waals surface area contributed by atoms with E-state index in [2.05, 4.69) is 20.3 Å². The van der Waals surface area contributed by atoms with Crippen molar-refractivity contribution < 1.29 is 32.9 Å². The van der Waals surface area contributed by atoms with Gasteiger partial charge in [0, 0.05) is 26.8 Å². The lowest BCUT2D eigenvalue weighted by Crippen LogP contribution is -2.26. The molecule has 1 aliphatic heterocycles. The van der Waals surface area contributed by atoms with E-state index in [1.165, 1.54) is 41.5 Å². The number of methoxy groups -OCH3 is 2. The van der Waals surface area contributed by atoms with Gasteiger partial charge in [0.05, 0.1) is 41.7 Å². The highest BCUT2D eigenvalue weighted by Crippen LogP contribution is 2.36. The molecule has 0 saturated heterocycles. The number of nitrogens with zero attached hydrogens (tertiary/aromatic N) is 5. The van der Waals surface area contributed by atoms with Gasteiger partial charge in [-0.3, -0.25) is 14.3 Å². The molecule has 47 heavy (non-hydrogen) atoms. The normalized spacial score (nSPS) is 12.5. The van der Waals surface area contributed by atoms with Gasteiger partial charge >= 0.3 is 0 Å². The lowest BCUT2D eigenvalue weighted by molar-refractivity contribution is 0.102. The maximum absolute atomic E-state index is 13.6. The molecule has 1 aliphatic rings. The first-order valence-electron chi connectivity index (χ1n) is 15.0. The number of rotatable bonds is 13. The Hall–Kier alpha value is -5.34. The van der Waals surface area contributed by atoms with Gasteiger partial charge in [-0.2, -0.15) is 0 Å². The number of aromatic nitrogens is 5. The van der Waals surface area contributed by atoms with Crippen molar-refractivity contribution in [3.05, 3.63) is 88.5 Å². The van der Waals surface area contributed by atoms with Crippen molar-refractivity contribution in [2.45, 2.75) is 25.8 Å². The average molecular weight is 645 g/mol. The van der Waals surface area contributed by atoms with Gasteiger partial charge < -0.3 is 29.0 Å². The molecule has 0 fully saturated rings. The molecule has 5 aromatic rings. The molecule has 244 valence electrons. The number of hydrogen-bond acceptors (Lipinski definition) is 10. The Bertz CT molecular complexity index is 1930. The van der Waals surface area contributed by atoms with Crippen LogP contribution < -0.4 is 25.1 Å². The minimum Gasteiger partial charge on any atom is -0.487 e. The number of carbonyl (C=O) groups excluding carboxylic acids is 1. The van der Waals surface area contributed by atoms with Crippen molar-refractivity contribution >= 4 is 22.6 Å². The number of pyridine rings is 1. The summed E-state index contributed by atoms with van der Waals surface area (Å²) in [5.41, 5.74) is 1.26. The molecule has 2 aromatic carbocycles. The summed E-state index contributed by atoms with van der Waals surface area (Å²) in [5, 5.41) is 3.31. The van der Waals surface area contributed by atoms with Gasteiger partial charge in [0.15, 0.2) is 11.5 Å². The minimum atomic E-state index is -0.575. The number of halogens is 1. The molecule has 0 aliphatic carbocycles. The van der Waals surface area contributed by atoms with Crippen molar-refractivity contribution in [3.8, 4) is 28.8 Å². The van der Waals surface area contributed by atoms with E-state index < -0.39 is 17.3 Å². The molecule has 1 N–H and O–H groups in total. The number of hydrogen-bond donors (Lipinski definition) is 1. The summed E-state index contributed by atoms with van der Waals surface area (Å²) in [7, 11) is 3.18. The molecule has 6 rings (SSSR count). The third kappa shape index (κ3) is 6.93. The zero-order valence-electron chi connectivity index (χ0n) is 25.9. The SMILES string of the molecule is COCCOc1cc2ncnc(Oc3ccc(NC(=O)c4c5n(n(-c6ccc(F)cc6)c4=O)CCCC5)nc3)c2cc1OCCOC. The van der Waals surface area contributed by atoms with Crippen LogP contribution in [0.3, 0.4) is 0 Å². The second-order valence-corrected chi connectivity index (χ2v) is 10.6. The summed E-state index contributed by atoms with van der Waals surface area (Å²) in [5.74, 6) is 0.809. The zero-order chi connectivity index (χ0) is 32.8.